The maximum atomic E-state index is 5.94. The zero-order valence-electron chi connectivity index (χ0n) is 9.58. The first kappa shape index (κ1) is 11.9. The van der Waals surface area contributed by atoms with E-state index in [1.54, 1.807) is 11.3 Å². The predicted octanol–water partition coefficient (Wildman–Crippen LogP) is 3.41. The maximum Gasteiger partial charge on any atom is 0.0964 e. The molecule has 3 nitrogen and oxygen atoms in total. The first-order chi connectivity index (χ1) is 8.79. The summed E-state index contributed by atoms with van der Waals surface area (Å²) in [5.41, 5.74) is 8.07. The Hall–Kier alpha value is -1.17. The van der Waals surface area contributed by atoms with Crippen LogP contribution in [0, 0.1) is 0 Å². The average Bonchev–Trinajstić information content (AvgIpc) is 2.98. The van der Waals surface area contributed by atoms with Gasteiger partial charge in [0.1, 0.15) is 0 Å². The average molecular weight is 322 g/mol. The molecule has 1 atom stereocenters. The summed E-state index contributed by atoms with van der Waals surface area (Å²) < 4.78 is 3.27. The van der Waals surface area contributed by atoms with E-state index in [1.807, 2.05) is 24.5 Å². The van der Waals surface area contributed by atoms with Crippen LogP contribution in [0.1, 0.15) is 10.9 Å². The summed E-state index contributed by atoms with van der Waals surface area (Å²) >= 11 is 5.21. The number of aromatic nitrogens is 2. The molecule has 2 heterocycles. The van der Waals surface area contributed by atoms with E-state index < -0.39 is 0 Å². The van der Waals surface area contributed by atoms with Crippen molar-refractivity contribution in [2.75, 3.05) is 6.54 Å². The number of rotatable bonds is 3. The molecule has 0 amide bonds. The summed E-state index contributed by atoms with van der Waals surface area (Å²) in [6.45, 7) is 0.563. The molecule has 92 valence electrons. The van der Waals surface area contributed by atoms with Gasteiger partial charge in [0.2, 0.25) is 0 Å². The minimum absolute atomic E-state index is 0.147. The van der Waals surface area contributed by atoms with E-state index in [0.717, 1.165) is 14.8 Å². The summed E-state index contributed by atoms with van der Waals surface area (Å²) in [7, 11) is 0. The fourth-order valence-electron chi connectivity index (χ4n) is 2.10. The van der Waals surface area contributed by atoms with E-state index in [0.29, 0.717) is 6.54 Å². The van der Waals surface area contributed by atoms with Gasteiger partial charge in [-0.25, -0.2) is 4.98 Å². The monoisotopic (exact) mass is 321 g/mol. The van der Waals surface area contributed by atoms with Crippen molar-refractivity contribution in [2.24, 2.45) is 5.73 Å². The number of hydrogen-bond donors (Lipinski definition) is 1. The zero-order valence-corrected chi connectivity index (χ0v) is 12.0. The fraction of sp³-hybridized carbons (Fsp3) is 0.154. The SMILES string of the molecule is NCC(c1ccc(Br)s1)n1cnc2ccccc21. The molecule has 1 unspecified atom stereocenters. The fourth-order valence-corrected chi connectivity index (χ4v) is 3.64. The van der Waals surface area contributed by atoms with E-state index in [9.17, 15) is 0 Å². The van der Waals surface area contributed by atoms with E-state index in [2.05, 4.69) is 43.7 Å². The van der Waals surface area contributed by atoms with Crippen LogP contribution in [-0.4, -0.2) is 16.1 Å². The molecule has 0 saturated heterocycles. The molecule has 0 radical (unpaired) electrons. The summed E-state index contributed by atoms with van der Waals surface area (Å²) in [4.78, 5) is 5.66. The highest BCUT2D eigenvalue weighted by Gasteiger charge is 2.16. The molecule has 0 aliphatic rings. The first-order valence-electron chi connectivity index (χ1n) is 5.66. The number of thiophene rings is 1. The van der Waals surface area contributed by atoms with Crippen LogP contribution in [0.2, 0.25) is 0 Å². The molecule has 2 aromatic heterocycles. The highest BCUT2D eigenvalue weighted by atomic mass is 79.9. The van der Waals surface area contributed by atoms with Crippen molar-refractivity contribution in [3.8, 4) is 0 Å². The van der Waals surface area contributed by atoms with Crippen LogP contribution in [-0.2, 0) is 0 Å². The second-order valence-corrected chi connectivity index (χ2v) is 6.53. The minimum atomic E-state index is 0.147. The molecule has 1 aromatic carbocycles. The number of hydrogen-bond acceptors (Lipinski definition) is 3. The Morgan fingerprint density at radius 1 is 1.28 bits per heavy atom. The molecular formula is C13H12BrN3S. The molecule has 0 aliphatic carbocycles. The molecular weight excluding hydrogens is 310 g/mol. The van der Waals surface area contributed by atoms with Crippen LogP contribution in [0.25, 0.3) is 11.0 Å². The third-order valence-corrected chi connectivity index (χ3v) is 4.69. The molecule has 0 bridgehead atoms. The second-order valence-electron chi connectivity index (χ2n) is 4.03. The highest BCUT2D eigenvalue weighted by Crippen LogP contribution is 2.30. The molecule has 3 rings (SSSR count). The van der Waals surface area contributed by atoms with E-state index >= 15 is 0 Å². The van der Waals surface area contributed by atoms with Gasteiger partial charge in [-0.1, -0.05) is 12.1 Å². The van der Waals surface area contributed by atoms with E-state index in [1.165, 1.54) is 4.88 Å². The number of nitrogens with zero attached hydrogens (tertiary/aromatic N) is 2. The lowest BCUT2D eigenvalue weighted by Crippen LogP contribution is -2.18. The van der Waals surface area contributed by atoms with Crippen LogP contribution < -0.4 is 5.73 Å². The highest BCUT2D eigenvalue weighted by molar-refractivity contribution is 9.11. The van der Waals surface area contributed by atoms with Crippen LogP contribution >= 0.6 is 27.3 Å². The van der Waals surface area contributed by atoms with Crippen molar-refractivity contribution in [2.45, 2.75) is 6.04 Å². The van der Waals surface area contributed by atoms with Crippen molar-refractivity contribution in [3.63, 3.8) is 0 Å². The standard InChI is InChI=1S/C13H12BrN3S/c14-13-6-5-12(18-13)11(7-15)17-8-16-9-3-1-2-4-10(9)17/h1-6,8,11H,7,15H2. The van der Waals surface area contributed by atoms with Gasteiger partial charge >= 0.3 is 0 Å². The van der Waals surface area contributed by atoms with Gasteiger partial charge in [-0.3, -0.25) is 0 Å². The van der Waals surface area contributed by atoms with Gasteiger partial charge in [-0.2, -0.15) is 0 Å². The topological polar surface area (TPSA) is 43.8 Å². The second kappa shape index (κ2) is 4.84. The van der Waals surface area contributed by atoms with Crippen molar-refractivity contribution in [1.82, 2.24) is 9.55 Å². The number of nitrogens with two attached hydrogens (primary N) is 1. The predicted molar refractivity (Wildman–Crippen MR) is 78.9 cm³/mol. The smallest absolute Gasteiger partial charge is 0.0964 e. The lowest BCUT2D eigenvalue weighted by Gasteiger charge is -2.15. The minimum Gasteiger partial charge on any atom is -0.328 e. The van der Waals surface area contributed by atoms with Crippen molar-refractivity contribution < 1.29 is 0 Å². The molecule has 0 spiro atoms. The van der Waals surface area contributed by atoms with Gasteiger partial charge in [0, 0.05) is 11.4 Å². The molecule has 3 aromatic rings. The lowest BCUT2D eigenvalue weighted by atomic mass is 10.2. The Kier molecular flexibility index (Phi) is 3.20. The van der Waals surface area contributed by atoms with Gasteiger partial charge in [-0.15, -0.1) is 11.3 Å². The number of halogens is 1. The van der Waals surface area contributed by atoms with Crippen molar-refractivity contribution in [3.05, 3.63) is 51.4 Å². The van der Waals surface area contributed by atoms with Crippen LogP contribution in [0.3, 0.4) is 0 Å². The van der Waals surface area contributed by atoms with Crippen molar-refractivity contribution in [1.29, 1.82) is 0 Å². The molecule has 18 heavy (non-hydrogen) atoms. The molecule has 5 heteroatoms. The molecule has 2 N–H and O–H groups in total. The van der Waals surface area contributed by atoms with Gasteiger partial charge in [0.15, 0.2) is 0 Å². The summed E-state index contributed by atoms with van der Waals surface area (Å²) in [6, 6.07) is 12.4. The van der Waals surface area contributed by atoms with Crippen LogP contribution in [0.4, 0.5) is 0 Å². The summed E-state index contributed by atoms with van der Waals surface area (Å²) in [5.74, 6) is 0. The van der Waals surface area contributed by atoms with Gasteiger partial charge in [0.05, 0.1) is 27.2 Å². The Balaban J connectivity index is 2.11. The molecule has 0 saturated carbocycles. The van der Waals surface area contributed by atoms with Gasteiger partial charge < -0.3 is 10.3 Å². The first-order valence-corrected chi connectivity index (χ1v) is 7.27. The Morgan fingerprint density at radius 3 is 2.83 bits per heavy atom. The Morgan fingerprint density at radius 2 is 2.11 bits per heavy atom. The Labute approximate surface area is 117 Å². The summed E-state index contributed by atoms with van der Waals surface area (Å²) in [6.07, 6.45) is 1.87. The number of para-hydroxylation sites is 2. The van der Waals surface area contributed by atoms with Crippen molar-refractivity contribution >= 4 is 38.3 Å². The lowest BCUT2D eigenvalue weighted by molar-refractivity contribution is 0.620. The summed E-state index contributed by atoms with van der Waals surface area (Å²) in [5, 5.41) is 0. The largest absolute Gasteiger partial charge is 0.328 e. The quantitative estimate of drug-likeness (QED) is 0.803. The number of fused-ring (bicyclic) bond motifs is 1. The zero-order chi connectivity index (χ0) is 12.5. The van der Waals surface area contributed by atoms with E-state index in [-0.39, 0.29) is 6.04 Å². The molecule has 0 fully saturated rings. The third kappa shape index (κ3) is 1.98. The van der Waals surface area contributed by atoms with Crippen LogP contribution in [0.15, 0.2) is 46.5 Å². The molecule has 0 aliphatic heterocycles. The van der Waals surface area contributed by atoms with Crippen LogP contribution in [0.5, 0.6) is 0 Å². The van der Waals surface area contributed by atoms with Gasteiger partial charge in [0.25, 0.3) is 0 Å². The third-order valence-electron chi connectivity index (χ3n) is 2.96. The number of benzene rings is 1. The normalized spacial score (nSPS) is 13.0. The number of imidazole rings is 1. The van der Waals surface area contributed by atoms with E-state index in [4.69, 9.17) is 5.73 Å². The Bertz CT molecular complexity index is 673. The van der Waals surface area contributed by atoms with Gasteiger partial charge in [-0.05, 0) is 40.2 Å². The maximum absolute atomic E-state index is 5.94.